The zero-order chi connectivity index (χ0) is 18.7. The summed E-state index contributed by atoms with van der Waals surface area (Å²) in [6.45, 7) is 0. The summed E-state index contributed by atoms with van der Waals surface area (Å²) in [6, 6.07) is 10.6. The molecule has 1 aromatic heterocycles. The fourth-order valence-electron chi connectivity index (χ4n) is 2.34. The number of rotatable bonds is 4. The van der Waals surface area contributed by atoms with Crippen molar-refractivity contribution in [2.45, 2.75) is 0 Å². The lowest BCUT2D eigenvalue weighted by molar-refractivity contribution is 0.0971. The van der Waals surface area contributed by atoms with Crippen molar-refractivity contribution in [1.29, 1.82) is 0 Å². The first kappa shape index (κ1) is 18.4. The molecular formula is C17H14ClN3O3S2. The number of methoxy groups -OCH3 is 2. The van der Waals surface area contributed by atoms with Crippen LogP contribution in [0.3, 0.4) is 0 Å². The van der Waals surface area contributed by atoms with Crippen LogP contribution in [-0.2, 0) is 0 Å². The van der Waals surface area contributed by atoms with Crippen LogP contribution in [0.2, 0.25) is 5.02 Å². The number of halogens is 1. The number of hydrogen-bond donors (Lipinski definition) is 2. The van der Waals surface area contributed by atoms with E-state index in [9.17, 15) is 4.79 Å². The third-order valence-electron chi connectivity index (χ3n) is 3.47. The molecule has 0 atom stereocenters. The van der Waals surface area contributed by atoms with Crippen LogP contribution < -0.4 is 20.1 Å². The second-order valence-electron chi connectivity index (χ2n) is 5.05. The zero-order valence-electron chi connectivity index (χ0n) is 13.8. The number of ether oxygens (including phenoxy) is 2. The number of aromatic nitrogens is 1. The average Bonchev–Trinajstić information content (AvgIpc) is 3.04. The number of hydrogen-bond acceptors (Lipinski definition) is 6. The Hall–Kier alpha value is -2.42. The van der Waals surface area contributed by atoms with Crippen LogP contribution in [0.4, 0.5) is 5.13 Å². The summed E-state index contributed by atoms with van der Waals surface area (Å²) < 4.78 is 11.4. The molecule has 0 fully saturated rings. The van der Waals surface area contributed by atoms with E-state index in [0.29, 0.717) is 27.2 Å². The Balaban J connectivity index is 1.77. The first-order valence-corrected chi connectivity index (χ1v) is 9.02. The molecule has 0 saturated heterocycles. The predicted octanol–water partition coefficient (Wildman–Crippen LogP) is 4.09. The Morgan fingerprint density at radius 1 is 1.15 bits per heavy atom. The normalized spacial score (nSPS) is 10.4. The van der Waals surface area contributed by atoms with Crippen molar-refractivity contribution in [2.75, 3.05) is 19.5 Å². The van der Waals surface area contributed by atoms with Gasteiger partial charge in [0.1, 0.15) is 22.6 Å². The molecule has 0 saturated carbocycles. The Kier molecular flexibility index (Phi) is 5.55. The van der Waals surface area contributed by atoms with Gasteiger partial charge in [-0.3, -0.25) is 10.1 Å². The summed E-state index contributed by atoms with van der Waals surface area (Å²) in [5.41, 5.74) is 0.941. The maximum absolute atomic E-state index is 12.6. The molecule has 1 heterocycles. The van der Waals surface area contributed by atoms with Crippen molar-refractivity contribution in [3.63, 3.8) is 0 Å². The van der Waals surface area contributed by atoms with Gasteiger partial charge in [-0.15, -0.1) is 0 Å². The Morgan fingerprint density at radius 3 is 2.42 bits per heavy atom. The van der Waals surface area contributed by atoms with Crippen molar-refractivity contribution >= 4 is 61.5 Å². The predicted molar refractivity (Wildman–Crippen MR) is 108 cm³/mol. The highest BCUT2D eigenvalue weighted by atomic mass is 35.5. The molecule has 0 unspecified atom stereocenters. The van der Waals surface area contributed by atoms with Crippen LogP contribution >= 0.6 is 35.2 Å². The van der Waals surface area contributed by atoms with E-state index < -0.39 is 5.91 Å². The Labute approximate surface area is 164 Å². The lowest BCUT2D eigenvalue weighted by Crippen LogP contribution is -2.34. The number of benzene rings is 2. The molecule has 0 radical (unpaired) electrons. The quantitative estimate of drug-likeness (QED) is 0.634. The van der Waals surface area contributed by atoms with Gasteiger partial charge in [-0.2, -0.15) is 0 Å². The number of amides is 1. The zero-order valence-corrected chi connectivity index (χ0v) is 16.2. The van der Waals surface area contributed by atoms with E-state index >= 15 is 0 Å². The summed E-state index contributed by atoms with van der Waals surface area (Å²) >= 11 is 12.7. The molecule has 3 aromatic rings. The van der Waals surface area contributed by atoms with E-state index in [2.05, 4.69) is 15.6 Å². The van der Waals surface area contributed by atoms with Crippen molar-refractivity contribution in [3.05, 3.63) is 47.0 Å². The minimum absolute atomic E-state index is 0.109. The summed E-state index contributed by atoms with van der Waals surface area (Å²) in [7, 11) is 2.96. The molecule has 0 spiro atoms. The number of carbonyl (C=O) groups excluding carboxylic acids is 1. The highest BCUT2D eigenvalue weighted by molar-refractivity contribution is 7.80. The first-order valence-electron chi connectivity index (χ1n) is 7.42. The smallest absolute Gasteiger partial charge is 0.264 e. The number of carbonyl (C=O) groups is 1. The molecule has 26 heavy (non-hydrogen) atoms. The molecular weight excluding hydrogens is 394 g/mol. The molecule has 3 rings (SSSR count). The maximum Gasteiger partial charge on any atom is 0.264 e. The lowest BCUT2D eigenvalue weighted by atomic mass is 10.1. The fraction of sp³-hybridized carbons (Fsp3) is 0.118. The molecule has 2 N–H and O–H groups in total. The number of nitrogens with zero attached hydrogens (tertiary/aromatic N) is 1. The standard InChI is InChI=1S/C17H14ClN3O3S2/c1-23-10-6-4-7-11(24-2)13(10)15(22)20-16(25)21-17-19-14-9(18)5-3-8-12(14)26-17/h3-8H,1-2H3,(H2,19,20,21,22,25). The first-order chi connectivity index (χ1) is 12.5. The van der Waals surface area contributed by atoms with Gasteiger partial charge in [0.05, 0.1) is 23.9 Å². The van der Waals surface area contributed by atoms with Crippen LogP contribution in [0.5, 0.6) is 11.5 Å². The van der Waals surface area contributed by atoms with Crippen molar-refractivity contribution < 1.29 is 14.3 Å². The molecule has 134 valence electrons. The molecule has 9 heteroatoms. The van der Waals surface area contributed by atoms with E-state index in [0.717, 1.165) is 4.70 Å². The second kappa shape index (κ2) is 7.86. The number of thiocarbonyl (C=S) groups is 1. The summed E-state index contributed by atoms with van der Waals surface area (Å²) in [4.78, 5) is 17.0. The van der Waals surface area contributed by atoms with Crippen LogP contribution in [0.25, 0.3) is 10.2 Å². The van der Waals surface area contributed by atoms with Gasteiger partial charge < -0.3 is 14.8 Å². The topological polar surface area (TPSA) is 72.5 Å². The van der Waals surface area contributed by atoms with E-state index in [1.165, 1.54) is 25.6 Å². The van der Waals surface area contributed by atoms with Gasteiger partial charge in [0.2, 0.25) is 0 Å². The lowest BCUT2D eigenvalue weighted by Gasteiger charge is -2.13. The summed E-state index contributed by atoms with van der Waals surface area (Å²) in [6.07, 6.45) is 0. The third kappa shape index (κ3) is 3.72. The van der Waals surface area contributed by atoms with E-state index in [4.69, 9.17) is 33.3 Å². The largest absolute Gasteiger partial charge is 0.496 e. The van der Waals surface area contributed by atoms with Gasteiger partial charge in [-0.05, 0) is 36.5 Å². The molecule has 0 bridgehead atoms. The fourth-order valence-corrected chi connectivity index (χ4v) is 3.76. The average molecular weight is 408 g/mol. The van der Waals surface area contributed by atoms with Crippen LogP contribution in [0.15, 0.2) is 36.4 Å². The number of nitrogens with one attached hydrogen (secondary N) is 2. The van der Waals surface area contributed by atoms with Gasteiger partial charge in [0.25, 0.3) is 5.91 Å². The van der Waals surface area contributed by atoms with Crippen LogP contribution in [0.1, 0.15) is 10.4 Å². The number of thiazole rings is 1. The highest BCUT2D eigenvalue weighted by Crippen LogP contribution is 2.31. The summed E-state index contributed by atoms with van der Waals surface area (Å²) in [5, 5.41) is 6.71. The van der Waals surface area contributed by atoms with E-state index in [-0.39, 0.29) is 10.7 Å². The molecule has 1 amide bonds. The monoisotopic (exact) mass is 407 g/mol. The Morgan fingerprint density at radius 2 is 1.81 bits per heavy atom. The van der Waals surface area contributed by atoms with Crippen molar-refractivity contribution in [3.8, 4) is 11.5 Å². The van der Waals surface area contributed by atoms with E-state index in [1.54, 1.807) is 24.3 Å². The Bertz CT molecular complexity index is 968. The van der Waals surface area contributed by atoms with Gasteiger partial charge in [-0.25, -0.2) is 4.98 Å². The molecule has 6 nitrogen and oxygen atoms in total. The molecule has 0 aliphatic heterocycles. The van der Waals surface area contributed by atoms with Gasteiger partial charge in [0, 0.05) is 0 Å². The molecule has 2 aromatic carbocycles. The van der Waals surface area contributed by atoms with Crippen LogP contribution in [0, 0.1) is 0 Å². The second-order valence-corrected chi connectivity index (χ2v) is 6.90. The van der Waals surface area contributed by atoms with Crippen molar-refractivity contribution in [2.24, 2.45) is 0 Å². The maximum atomic E-state index is 12.6. The van der Waals surface area contributed by atoms with Gasteiger partial charge in [-0.1, -0.05) is 35.1 Å². The number of anilines is 1. The summed E-state index contributed by atoms with van der Waals surface area (Å²) in [5.74, 6) is 0.323. The highest BCUT2D eigenvalue weighted by Gasteiger charge is 2.19. The third-order valence-corrected chi connectivity index (χ3v) is 4.92. The van der Waals surface area contributed by atoms with Gasteiger partial charge in [0.15, 0.2) is 10.2 Å². The molecule has 0 aliphatic carbocycles. The van der Waals surface area contributed by atoms with Crippen LogP contribution in [-0.4, -0.2) is 30.2 Å². The number of para-hydroxylation sites is 1. The SMILES string of the molecule is COc1cccc(OC)c1C(=O)NC(=S)Nc1nc2c(Cl)cccc2s1. The minimum Gasteiger partial charge on any atom is -0.496 e. The molecule has 0 aliphatic rings. The number of fused-ring (bicyclic) bond motifs is 1. The van der Waals surface area contributed by atoms with Crippen molar-refractivity contribution in [1.82, 2.24) is 10.3 Å². The van der Waals surface area contributed by atoms with Gasteiger partial charge >= 0.3 is 0 Å². The van der Waals surface area contributed by atoms with E-state index in [1.807, 2.05) is 12.1 Å². The minimum atomic E-state index is -0.448.